The summed E-state index contributed by atoms with van der Waals surface area (Å²) in [6, 6.07) is 0. The zero-order valence-corrected chi connectivity index (χ0v) is 35.0. The monoisotopic (exact) mass is 745 g/mol. The topological polar surface area (TPSA) is 78.9 Å². The fraction of sp³-hybridized carbons (Fsp3) is 0.809. The third kappa shape index (κ3) is 40.6. The smallest absolute Gasteiger partial charge is 0.306 e. The Morgan fingerprint density at radius 2 is 0.698 bits per heavy atom. The predicted octanol–water partition coefficient (Wildman–Crippen LogP) is 14.2. The molecule has 0 spiro atoms. The Balaban J connectivity index is 4.38. The standard InChI is InChI=1S/C47H84O6/c1-4-7-10-13-16-19-22-23-24-26-28-31-34-37-40-46(49)52-43-44(42-51-45(48)39-36-33-30-27-21-18-15-12-9-6-3)53-47(50)41-38-35-32-29-25-20-17-14-11-8-5-2/h14-15,17-18,20,25,44H,4-13,16,19,21-24,26-43H2,1-3H3/b17-14-,18-15-,25-20-. The molecule has 0 saturated carbocycles. The SMILES string of the molecule is CCCC/C=C\C=C/CCCCCC(=O)OC(COC(=O)CCCCCC/C=C\CCCC)COC(=O)CCCCCCCCCCCCCCCC. The number of rotatable bonds is 40. The van der Waals surface area contributed by atoms with E-state index in [9.17, 15) is 14.4 Å². The molecule has 0 fully saturated rings. The largest absolute Gasteiger partial charge is 0.462 e. The summed E-state index contributed by atoms with van der Waals surface area (Å²) in [5.41, 5.74) is 0. The molecule has 0 N–H and O–H groups in total. The molecule has 0 aliphatic heterocycles. The third-order valence-corrected chi connectivity index (χ3v) is 9.65. The van der Waals surface area contributed by atoms with Crippen LogP contribution < -0.4 is 0 Å². The van der Waals surface area contributed by atoms with E-state index in [1.165, 1.54) is 96.3 Å². The highest BCUT2D eigenvalue weighted by atomic mass is 16.6. The molecule has 0 amide bonds. The second-order valence-electron chi connectivity index (χ2n) is 15.0. The Hall–Kier alpha value is -2.37. The Morgan fingerprint density at radius 3 is 1.15 bits per heavy atom. The van der Waals surface area contributed by atoms with Crippen LogP contribution >= 0.6 is 0 Å². The van der Waals surface area contributed by atoms with E-state index < -0.39 is 6.10 Å². The van der Waals surface area contributed by atoms with Crippen LogP contribution in [0, 0.1) is 0 Å². The van der Waals surface area contributed by atoms with E-state index in [1.807, 2.05) is 0 Å². The normalized spacial score (nSPS) is 12.3. The first-order valence-electron chi connectivity index (χ1n) is 22.5. The molecule has 0 heterocycles. The number of unbranched alkanes of at least 4 members (excludes halogenated alkanes) is 24. The number of carbonyl (C=O) groups excluding carboxylic acids is 3. The van der Waals surface area contributed by atoms with Crippen molar-refractivity contribution >= 4 is 17.9 Å². The second-order valence-corrected chi connectivity index (χ2v) is 15.0. The van der Waals surface area contributed by atoms with Crippen LogP contribution in [0.2, 0.25) is 0 Å². The molecule has 0 aromatic rings. The number of allylic oxidation sites excluding steroid dienone is 6. The lowest BCUT2D eigenvalue weighted by atomic mass is 10.0. The van der Waals surface area contributed by atoms with Crippen LogP contribution in [0.3, 0.4) is 0 Å². The molecule has 0 radical (unpaired) electrons. The fourth-order valence-electron chi connectivity index (χ4n) is 6.16. The number of ether oxygens (including phenoxy) is 3. The maximum atomic E-state index is 12.7. The summed E-state index contributed by atoms with van der Waals surface area (Å²) in [7, 11) is 0. The number of hydrogen-bond acceptors (Lipinski definition) is 6. The van der Waals surface area contributed by atoms with Gasteiger partial charge in [0, 0.05) is 19.3 Å². The van der Waals surface area contributed by atoms with Crippen LogP contribution in [0.5, 0.6) is 0 Å². The number of esters is 3. The minimum Gasteiger partial charge on any atom is -0.462 e. The van der Waals surface area contributed by atoms with Crippen molar-refractivity contribution in [2.24, 2.45) is 0 Å². The van der Waals surface area contributed by atoms with Crippen LogP contribution in [0.25, 0.3) is 0 Å². The van der Waals surface area contributed by atoms with E-state index >= 15 is 0 Å². The lowest BCUT2D eigenvalue weighted by molar-refractivity contribution is -0.167. The van der Waals surface area contributed by atoms with Gasteiger partial charge < -0.3 is 14.2 Å². The van der Waals surface area contributed by atoms with Crippen LogP contribution in [0.4, 0.5) is 0 Å². The Morgan fingerprint density at radius 1 is 0.377 bits per heavy atom. The highest BCUT2D eigenvalue weighted by Crippen LogP contribution is 2.14. The van der Waals surface area contributed by atoms with Gasteiger partial charge in [-0.05, 0) is 57.8 Å². The quantitative estimate of drug-likeness (QED) is 0.0204. The Bertz CT molecular complexity index is 907. The van der Waals surface area contributed by atoms with Crippen LogP contribution in [0.1, 0.15) is 226 Å². The summed E-state index contributed by atoms with van der Waals surface area (Å²) in [4.78, 5) is 37.6. The van der Waals surface area contributed by atoms with E-state index in [2.05, 4.69) is 57.2 Å². The Labute approximate surface area is 327 Å². The van der Waals surface area contributed by atoms with Gasteiger partial charge in [0.25, 0.3) is 0 Å². The lowest BCUT2D eigenvalue weighted by Crippen LogP contribution is -2.30. The van der Waals surface area contributed by atoms with Crippen LogP contribution in [-0.4, -0.2) is 37.2 Å². The van der Waals surface area contributed by atoms with Gasteiger partial charge in [-0.25, -0.2) is 0 Å². The Kier molecular flexibility index (Phi) is 40.5. The fourth-order valence-corrected chi connectivity index (χ4v) is 6.16. The van der Waals surface area contributed by atoms with Gasteiger partial charge in [-0.1, -0.05) is 186 Å². The number of carbonyl (C=O) groups is 3. The molecule has 1 atom stereocenters. The average Bonchev–Trinajstić information content (AvgIpc) is 3.15. The molecule has 0 saturated heterocycles. The summed E-state index contributed by atoms with van der Waals surface area (Å²) in [6.07, 6.45) is 47.0. The molecule has 0 aromatic carbocycles. The lowest BCUT2D eigenvalue weighted by Gasteiger charge is -2.18. The summed E-state index contributed by atoms with van der Waals surface area (Å²) in [5.74, 6) is -0.926. The van der Waals surface area contributed by atoms with Gasteiger partial charge in [0.05, 0.1) is 0 Å². The van der Waals surface area contributed by atoms with E-state index in [-0.39, 0.29) is 31.1 Å². The average molecular weight is 745 g/mol. The minimum absolute atomic E-state index is 0.0845. The molecule has 0 rings (SSSR count). The van der Waals surface area contributed by atoms with E-state index in [0.29, 0.717) is 19.3 Å². The summed E-state index contributed by atoms with van der Waals surface area (Å²) in [5, 5.41) is 0. The third-order valence-electron chi connectivity index (χ3n) is 9.65. The van der Waals surface area contributed by atoms with Gasteiger partial charge in [-0.3, -0.25) is 14.4 Å². The van der Waals surface area contributed by atoms with Gasteiger partial charge in [-0.15, -0.1) is 0 Å². The molecule has 1 unspecified atom stereocenters. The number of hydrogen-bond donors (Lipinski definition) is 0. The predicted molar refractivity (Wildman–Crippen MR) is 224 cm³/mol. The second kappa shape index (κ2) is 42.4. The van der Waals surface area contributed by atoms with Gasteiger partial charge in [-0.2, -0.15) is 0 Å². The van der Waals surface area contributed by atoms with Gasteiger partial charge in [0.2, 0.25) is 0 Å². The van der Waals surface area contributed by atoms with Crippen LogP contribution in [-0.2, 0) is 28.6 Å². The molecule has 53 heavy (non-hydrogen) atoms. The molecular weight excluding hydrogens is 661 g/mol. The molecule has 0 aromatic heterocycles. The van der Waals surface area contributed by atoms with Crippen molar-refractivity contribution in [1.82, 2.24) is 0 Å². The van der Waals surface area contributed by atoms with E-state index in [4.69, 9.17) is 14.2 Å². The molecule has 0 bridgehead atoms. The molecular formula is C47H84O6. The first-order chi connectivity index (χ1) is 26.0. The van der Waals surface area contributed by atoms with Crippen molar-refractivity contribution < 1.29 is 28.6 Å². The molecule has 6 heteroatoms. The van der Waals surface area contributed by atoms with E-state index in [1.54, 1.807) is 0 Å². The zero-order chi connectivity index (χ0) is 38.7. The molecule has 0 aliphatic carbocycles. The van der Waals surface area contributed by atoms with Crippen molar-refractivity contribution in [3.63, 3.8) is 0 Å². The van der Waals surface area contributed by atoms with Crippen molar-refractivity contribution in [2.45, 2.75) is 232 Å². The van der Waals surface area contributed by atoms with Crippen molar-refractivity contribution in [1.29, 1.82) is 0 Å². The summed E-state index contributed by atoms with van der Waals surface area (Å²) >= 11 is 0. The zero-order valence-electron chi connectivity index (χ0n) is 35.0. The highest BCUT2D eigenvalue weighted by Gasteiger charge is 2.19. The van der Waals surface area contributed by atoms with Crippen molar-refractivity contribution in [3.8, 4) is 0 Å². The van der Waals surface area contributed by atoms with Gasteiger partial charge in [0.1, 0.15) is 13.2 Å². The van der Waals surface area contributed by atoms with Crippen molar-refractivity contribution in [3.05, 3.63) is 36.5 Å². The summed E-state index contributed by atoms with van der Waals surface area (Å²) < 4.78 is 16.6. The van der Waals surface area contributed by atoms with Gasteiger partial charge in [0.15, 0.2) is 6.10 Å². The maximum Gasteiger partial charge on any atom is 0.306 e. The summed E-state index contributed by atoms with van der Waals surface area (Å²) in [6.45, 7) is 6.50. The van der Waals surface area contributed by atoms with Crippen molar-refractivity contribution in [2.75, 3.05) is 13.2 Å². The highest BCUT2D eigenvalue weighted by molar-refractivity contribution is 5.71. The van der Waals surface area contributed by atoms with Crippen LogP contribution in [0.15, 0.2) is 36.5 Å². The molecule has 0 aliphatic rings. The molecule has 6 nitrogen and oxygen atoms in total. The van der Waals surface area contributed by atoms with Gasteiger partial charge >= 0.3 is 17.9 Å². The maximum absolute atomic E-state index is 12.7. The first kappa shape index (κ1) is 50.6. The van der Waals surface area contributed by atoms with E-state index in [0.717, 1.165) is 89.9 Å². The first-order valence-corrected chi connectivity index (χ1v) is 22.5. The minimum atomic E-state index is -0.784. The molecule has 308 valence electrons.